The summed E-state index contributed by atoms with van der Waals surface area (Å²) in [5, 5.41) is 5.64. The van der Waals surface area contributed by atoms with Crippen LogP contribution in [0.2, 0.25) is 30.7 Å². The Bertz CT molecular complexity index is 1900. The van der Waals surface area contributed by atoms with Crippen molar-refractivity contribution < 1.29 is 19.1 Å². The molecule has 0 spiro atoms. The zero-order chi connectivity index (χ0) is 32.5. The number of hydrogen-bond acceptors (Lipinski definition) is 6. The van der Waals surface area contributed by atoms with E-state index in [1.54, 1.807) is 56.6 Å². The summed E-state index contributed by atoms with van der Waals surface area (Å²) in [5.41, 5.74) is 9.10. The highest BCUT2D eigenvalue weighted by atomic mass is 79.9. The lowest BCUT2D eigenvalue weighted by Crippen LogP contribution is -2.22. The van der Waals surface area contributed by atoms with E-state index in [4.69, 9.17) is 26.8 Å². The number of carbonyl (C=O) groups is 2. The molecule has 0 saturated heterocycles. The third-order valence-corrected chi connectivity index (χ3v) is 9.73. The van der Waals surface area contributed by atoms with Crippen LogP contribution in [0.5, 0.6) is 11.5 Å². The highest BCUT2D eigenvalue weighted by Crippen LogP contribution is 2.32. The molecule has 0 atom stereocenters. The van der Waals surface area contributed by atoms with E-state index in [0.717, 1.165) is 21.4 Å². The van der Waals surface area contributed by atoms with E-state index in [9.17, 15) is 9.59 Å². The van der Waals surface area contributed by atoms with Crippen molar-refractivity contribution in [3.8, 4) is 17.2 Å². The second-order valence-corrected chi connectivity index (χ2v) is 19.1. The molecule has 0 radical (unpaired) electrons. The zero-order valence-corrected chi connectivity index (χ0v) is 29.1. The molecule has 234 valence electrons. The number of aromatic nitrogens is 3. The fourth-order valence-corrected chi connectivity index (χ4v) is 6.16. The van der Waals surface area contributed by atoms with Crippen LogP contribution in [0.4, 0.5) is 5.82 Å². The molecular formula is C33H35BrClN5O4Si. The average molecular weight is 709 g/mol. The van der Waals surface area contributed by atoms with Gasteiger partial charge in [0, 0.05) is 50.3 Å². The topological polar surface area (TPSA) is 105 Å². The largest absolute Gasteiger partial charge is 0.457 e. The van der Waals surface area contributed by atoms with Gasteiger partial charge in [0.05, 0.1) is 33.7 Å². The highest BCUT2D eigenvalue weighted by Gasteiger charge is 2.24. The predicted molar refractivity (Wildman–Crippen MR) is 185 cm³/mol. The Morgan fingerprint density at radius 2 is 1.78 bits per heavy atom. The number of ether oxygens (including phenoxy) is 2. The normalized spacial score (nSPS) is 11.6. The van der Waals surface area contributed by atoms with E-state index in [2.05, 4.69) is 40.7 Å². The summed E-state index contributed by atoms with van der Waals surface area (Å²) in [4.78, 5) is 27.8. The van der Waals surface area contributed by atoms with Crippen molar-refractivity contribution in [1.29, 1.82) is 0 Å². The molecule has 0 bridgehead atoms. The molecule has 5 rings (SSSR count). The smallest absolute Gasteiger partial charge is 0.253 e. The molecule has 1 amide bonds. The third-order valence-electron chi connectivity index (χ3n) is 7.23. The molecule has 2 aromatic heterocycles. The Hall–Kier alpha value is -3.90. The second kappa shape index (κ2) is 13.2. The number of nitrogens with two attached hydrogens (primary N) is 1. The molecule has 0 aliphatic carbocycles. The summed E-state index contributed by atoms with van der Waals surface area (Å²) >= 11 is 10.2. The summed E-state index contributed by atoms with van der Waals surface area (Å²) < 4.78 is 16.3. The molecule has 0 aliphatic rings. The lowest BCUT2D eigenvalue weighted by Gasteiger charge is -2.16. The minimum atomic E-state index is -1.27. The quantitative estimate of drug-likeness (QED) is 0.0851. The summed E-state index contributed by atoms with van der Waals surface area (Å²) in [5.74, 6) is 0.706. The molecule has 12 heteroatoms. The van der Waals surface area contributed by atoms with E-state index in [0.29, 0.717) is 40.1 Å². The van der Waals surface area contributed by atoms with Gasteiger partial charge in [-0.1, -0.05) is 53.2 Å². The number of ketones is 1. The van der Waals surface area contributed by atoms with E-state index < -0.39 is 8.07 Å². The van der Waals surface area contributed by atoms with Crippen LogP contribution >= 0.6 is 27.5 Å². The van der Waals surface area contributed by atoms with Crippen LogP contribution in [0.25, 0.3) is 16.6 Å². The minimum absolute atomic E-state index is 0.129. The lowest BCUT2D eigenvalue weighted by atomic mass is 10.1. The first-order valence-corrected chi connectivity index (χ1v) is 19.2. The van der Waals surface area contributed by atoms with Gasteiger partial charge in [0.25, 0.3) is 5.91 Å². The Morgan fingerprint density at radius 1 is 1.02 bits per heavy atom. The van der Waals surface area contributed by atoms with E-state index in [1.165, 1.54) is 15.8 Å². The van der Waals surface area contributed by atoms with Gasteiger partial charge < -0.3 is 24.7 Å². The number of carbonyl (C=O) groups excluding carboxylic acids is 2. The molecule has 0 aliphatic heterocycles. The molecule has 45 heavy (non-hydrogen) atoms. The number of rotatable bonds is 11. The zero-order valence-electron chi connectivity index (χ0n) is 25.8. The summed E-state index contributed by atoms with van der Waals surface area (Å²) in [6, 6.07) is 20.7. The van der Waals surface area contributed by atoms with Crippen LogP contribution < -0.4 is 10.5 Å². The van der Waals surface area contributed by atoms with Crippen molar-refractivity contribution in [3.05, 3.63) is 99.2 Å². The van der Waals surface area contributed by atoms with Gasteiger partial charge in [-0.2, -0.15) is 5.10 Å². The first kappa shape index (κ1) is 32.5. The maximum absolute atomic E-state index is 13.9. The van der Waals surface area contributed by atoms with Crippen molar-refractivity contribution in [2.24, 2.45) is 0 Å². The van der Waals surface area contributed by atoms with Crippen molar-refractivity contribution in [1.82, 2.24) is 19.2 Å². The molecular weight excluding hydrogens is 674 g/mol. The molecule has 2 heterocycles. The second-order valence-electron chi connectivity index (χ2n) is 12.1. The number of halogens is 2. The standard InChI is InChI=1S/C33H35BrClN5O4Si/c1-38(2)33(42)21-7-6-8-24(16-21)44-25-10-12-29(27(35)18-25)40-32(36)26(19-37-40)31(41)30-17-22-15-23(34)9-11-28(22)39(30)20-43-13-14-45(3,4)5/h6-12,15-19H,13-14,20,36H2,1-5H3. The van der Waals surface area contributed by atoms with Gasteiger partial charge in [0.15, 0.2) is 0 Å². The minimum Gasteiger partial charge on any atom is -0.457 e. The predicted octanol–water partition coefficient (Wildman–Crippen LogP) is 7.86. The van der Waals surface area contributed by atoms with Crippen molar-refractivity contribution >= 4 is 64.0 Å². The third kappa shape index (κ3) is 7.33. The van der Waals surface area contributed by atoms with E-state index >= 15 is 0 Å². The van der Waals surface area contributed by atoms with Gasteiger partial charge in [0.2, 0.25) is 5.78 Å². The number of benzene rings is 3. The molecule has 3 aromatic carbocycles. The van der Waals surface area contributed by atoms with Crippen LogP contribution in [0.1, 0.15) is 26.4 Å². The van der Waals surface area contributed by atoms with Crippen LogP contribution in [0.3, 0.4) is 0 Å². The molecule has 9 nitrogen and oxygen atoms in total. The monoisotopic (exact) mass is 707 g/mol. The average Bonchev–Trinajstić information content (AvgIpc) is 3.54. The van der Waals surface area contributed by atoms with Crippen LogP contribution in [0, 0.1) is 0 Å². The van der Waals surface area contributed by atoms with Gasteiger partial charge in [-0.3, -0.25) is 9.59 Å². The van der Waals surface area contributed by atoms with Crippen LogP contribution in [-0.4, -0.2) is 59.7 Å². The maximum atomic E-state index is 13.9. The van der Waals surface area contributed by atoms with Gasteiger partial charge in [-0.15, -0.1) is 0 Å². The molecule has 0 fully saturated rings. The molecule has 0 unspecified atom stereocenters. The molecule has 0 saturated carbocycles. The summed E-state index contributed by atoms with van der Waals surface area (Å²) in [6.45, 7) is 7.77. The number of anilines is 1. The number of amides is 1. The number of nitrogen functional groups attached to an aromatic ring is 1. The summed E-state index contributed by atoms with van der Waals surface area (Å²) in [6.07, 6.45) is 1.45. The molecule has 2 N–H and O–H groups in total. The number of fused-ring (bicyclic) bond motifs is 1. The van der Waals surface area contributed by atoms with Gasteiger partial charge in [-0.25, -0.2) is 4.68 Å². The van der Waals surface area contributed by atoms with Crippen molar-refractivity contribution in [2.75, 3.05) is 26.4 Å². The fourth-order valence-electron chi connectivity index (χ4n) is 4.78. The Kier molecular flexibility index (Phi) is 9.54. The van der Waals surface area contributed by atoms with Crippen molar-refractivity contribution in [3.63, 3.8) is 0 Å². The maximum Gasteiger partial charge on any atom is 0.253 e. The number of hydrogen-bond donors (Lipinski definition) is 1. The van der Waals surface area contributed by atoms with Crippen LogP contribution in [-0.2, 0) is 11.5 Å². The Morgan fingerprint density at radius 3 is 2.49 bits per heavy atom. The van der Waals surface area contributed by atoms with E-state index in [-0.39, 0.29) is 29.8 Å². The number of nitrogens with zero attached hydrogens (tertiary/aromatic N) is 4. The molecule has 5 aromatic rings. The Balaban J connectivity index is 1.40. The SMILES string of the molecule is CN(C)C(=O)c1cccc(Oc2ccc(-n3ncc(C(=O)c4cc5cc(Br)ccc5n4COCC[Si](C)(C)C)c3N)c(Cl)c2)c1. The lowest BCUT2D eigenvalue weighted by molar-refractivity contribution is 0.0827. The first-order valence-electron chi connectivity index (χ1n) is 14.4. The van der Waals surface area contributed by atoms with Crippen LogP contribution in [0.15, 0.2) is 77.4 Å². The van der Waals surface area contributed by atoms with Gasteiger partial charge in [0.1, 0.15) is 24.0 Å². The van der Waals surface area contributed by atoms with E-state index in [1.807, 2.05) is 28.8 Å². The highest BCUT2D eigenvalue weighted by molar-refractivity contribution is 9.10. The summed E-state index contributed by atoms with van der Waals surface area (Å²) in [7, 11) is 2.11. The Labute approximate surface area is 276 Å². The fraction of sp³-hybridized carbons (Fsp3) is 0.242. The van der Waals surface area contributed by atoms with Gasteiger partial charge in [-0.05, 0) is 60.6 Å². The van der Waals surface area contributed by atoms with Gasteiger partial charge >= 0.3 is 0 Å². The first-order chi connectivity index (χ1) is 21.3. The van der Waals surface area contributed by atoms with Crippen molar-refractivity contribution in [2.45, 2.75) is 32.4 Å².